The van der Waals surface area contributed by atoms with Crippen molar-refractivity contribution in [3.05, 3.63) is 57.8 Å². The van der Waals surface area contributed by atoms with Crippen molar-refractivity contribution in [1.82, 2.24) is 5.43 Å². The Bertz CT molecular complexity index is 723. The molecule has 22 heavy (non-hydrogen) atoms. The molecule has 2 aromatic rings. The molecule has 0 fully saturated rings. The number of benzene rings is 2. The van der Waals surface area contributed by atoms with Gasteiger partial charge >= 0.3 is 0 Å². The third-order valence-corrected chi connectivity index (χ3v) is 3.23. The average molecular weight is 358 g/mol. The Kier molecular flexibility index (Phi) is 5.54. The molecule has 0 aliphatic rings. The number of hydrogen-bond donors (Lipinski definition) is 3. The topological polar surface area (TPSA) is 56.7 Å². The minimum Gasteiger partial charge on any atom is -0.506 e. The highest BCUT2D eigenvalue weighted by Crippen LogP contribution is 2.29. The van der Waals surface area contributed by atoms with Crippen LogP contribution in [0.2, 0.25) is 10.0 Å². The van der Waals surface area contributed by atoms with Gasteiger partial charge in [0, 0.05) is 16.3 Å². The lowest BCUT2D eigenvalue weighted by molar-refractivity contribution is 0.474. The van der Waals surface area contributed by atoms with Crippen LogP contribution in [0.3, 0.4) is 0 Å². The van der Waals surface area contributed by atoms with Crippen molar-refractivity contribution in [2.45, 2.75) is 0 Å². The lowest BCUT2D eigenvalue weighted by Gasteiger charge is -2.07. The molecule has 2 aromatic carbocycles. The van der Waals surface area contributed by atoms with Crippen LogP contribution < -0.4 is 10.7 Å². The summed E-state index contributed by atoms with van der Waals surface area (Å²) in [4.78, 5) is 0. The minimum absolute atomic E-state index is 0.126. The summed E-state index contributed by atoms with van der Waals surface area (Å²) in [5.74, 6) is -0.468. The number of hydrogen-bond acceptors (Lipinski definition) is 3. The maximum absolute atomic E-state index is 12.8. The molecule has 0 aliphatic carbocycles. The van der Waals surface area contributed by atoms with E-state index in [1.807, 2.05) is 0 Å². The smallest absolute Gasteiger partial charge is 0.191 e. The number of anilines is 1. The van der Waals surface area contributed by atoms with E-state index in [-0.39, 0.29) is 21.7 Å². The summed E-state index contributed by atoms with van der Waals surface area (Å²) in [5, 5.41) is 17.1. The van der Waals surface area contributed by atoms with E-state index in [0.717, 1.165) is 0 Å². The number of rotatable bonds is 3. The lowest BCUT2D eigenvalue weighted by atomic mass is 10.2. The Balaban J connectivity index is 1.97. The highest BCUT2D eigenvalue weighted by atomic mass is 35.5. The van der Waals surface area contributed by atoms with E-state index in [0.29, 0.717) is 16.3 Å². The predicted molar refractivity (Wildman–Crippen MR) is 91.5 cm³/mol. The van der Waals surface area contributed by atoms with Crippen LogP contribution in [0, 0.1) is 5.82 Å². The van der Waals surface area contributed by atoms with Gasteiger partial charge in [-0.2, -0.15) is 5.10 Å². The van der Waals surface area contributed by atoms with Crippen molar-refractivity contribution in [3.8, 4) is 5.75 Å². The fourth-order valence-electron chi connectivity index (χ4n) is 1.54. The van der Waals surface area contributed by atoms with Crippen LogP contribution >= 0.6 is 35.4 Å². The molecule has 0 saturated carbocycles. The minimum atomic E-state index is -0.337. The van der Waals surface area contributed by atoms with E-state index >= 15 is 0 Å². The molecule has 0 heterocycles. The summed E-state index contributed by atoms with van der Waals surface area (Å²) in [5.41, 5.74) is 3.51. The first kappa shape index (κ1) is 16.5. The van der Waals surface area contributed by atoms with Crippen LogP contribution in [-0.2, 0) is 0 Å². The van der Waals surface area contributed by atoms with E-state index in [1.54, 1.807) is 0 Å². The Morgan fingerprint density at radius 3 is 2.59 bits per heavy atom. The first-order chi connectivity index (χ1) is 10.5. The molecule has 3 N–H and O–H groups in total. The van der Waals surface area contributed by atoms with Gasteiger partial charge in [-0.15, -0.1) is 0 Å². The second kappa shape index (κ2) is 7.40. The van der Waals surface area contributed by atoms with Gasteiger partial charge in [0.05, 0.1) is 11.2 Å². The number of aromatic hydroxyl groups is 1. The van der Waals surface area contributed by atoms with Gasteiger partial charge in [-0.1, -0.05) is 23.2 Å². The number of phenols is 1. The first-order valence-electron chi connectivity index (χ1n) is 5.99. The Labute approximate surface area is 141 Å². The molecule has 0 saturated heterocycles. The zero-order valence-electron chi connectivity index (χ0n) is 11.0. The summed E-state index contributed by atoms with van der Waals surface area (Å²) >= 11 is 16.7. The van der Waals surface area contributed by atoms with E-state index < -0.39 is 0 Å². The number of phenolic OH excluding ortho intramolecular Hbond substituents is 1. The van der Waals surface area contributed by atoms with Gasteiger partial charge < -0.3 is 10.4 Å². The van der Waals surface area contributed by atoms with Gasteiger partial charge in [0.25, 0.3) is 0 Å². The molecular weight excluding hydrogens is 348 g/mol. The average Bonchev–Trinajstić information content (AvgIpc) is 2.46. The van der Waals surface area contributed by atoms with E-state index in [2.05, 4.69) is 15.8 Å². The molecule has 0 radical (unpaired) electrons. The maximum Gasteiger partial charge on any atom is 0.191 e. The molecule has 8 heteroatoms. The lowest BCUT2D eigenvalue weighted by Crippen LogP contribution is -2.23. The Morgan fingerprint density at radius 2 is 1.91 bits per heavy atom. The number of halogens is 3. The normalized spacial score (nSPS) is 10.7. The molecule has 0 aromatic heterocycles. The fourth-order valence-corrected chi connectivity index (χ4v) is 2.22. The number of thiocarbonyl (C=S) groups is 1. The van der Waals surface area contributed by atoms with Crippen LogP contribution in [0.5, 0.6) is 5.75 Å². The molecule has 114 valence electrons. The number of nitrogens with zero attached hydrogens (tertiary/aromatic N) is 1. The van der Waals surface area contributed by atoms with Crippen molar-refractivity contribution < 1.29 is 9.50 Å². The van der Waals surface area contributed by atoms with Crippen molar-refractivity contribution in [1.29, 1.82) is 0 Å². The van der Waals surface area contributed by atoms with Crippen LogP contribution in [0.1, 0.15) is 5.56 Å². The standard InChI is InChI=1S/C14H10Cl2FN3OS/c15-9-5-8(13(21)12(16)6-9)7-18-20-14(22)19-11-3-1-10(17)2-4-11/h1-7,21H,(H2,19,20,22)/b18-7+. The summed E-state index contributed by atoms with van der Waals surface area (Å²) in [7, 11) is 0. The largest absolute Gasteiger partial charge is 0.506 e. The summed E-state index contributed by atoms with van der Waals surface area (Å²) in [6.07, 6.45) is 1.33. The molecule has 0 aliphatic heterocycles. The van der Waals surface area contributed by atoms with Crippen molar-refractivity contribution in [2.75, 3.05) is 5.32 Å². The van der Waals surface area contributed by atoms with Crippen LogP contribution in [0.4, 0.5) is 10.1 Å². The molecular formula is C14H10Cl2FN3OS. The van der Waals surface area contributed by atoms with Crippen molar-refractivity contribution in [2.24, 2.45) is 5.10 Å². The van der Waals surface area contributed by atoms with Gasteiger partial charge in [0.15, 0.2) is 5.11 Å². The van der Waals surface area contributed by atoms with Gasteiger partial charge in [0.1, 0.15) is 11.6 Å². The highest BCUT2D eigenvalue weighted by molar-refractivity contribution is 7.80. The Morgan fingerprint density at radius 1 is 1.23 bits per heavy atom. The van der Waals surface area contributed by atoms with Crippen LogP contribution in [0.15, 0.2) is 41.5 Å². The van der Waals surface area contributed by atoms with Gasteiger partial charge in [0.2, 0.25) is 0 Å². The molecule has 0 unspecified atom stereocenters. The SMILES string of the molecule is Oc1c(Cl)cc(Cl)cc1/C=N/NC(=S)Nc1ccc(F)cc1. The second-order valence-electron chi connectivity index (χ2n) is 4.16. The van der Waals surface area contributed by atoms with E-state index in [4.69, 9.17) is 35.4 Å². The summed E-state index contributed by atoms with van der Waals surface area (Å²) in [6.45, 7) is 0. The monoisotopic (exact) mass is 357 g/mol. The van der Waals surface area contributed by atoms with Gasteiger partial charge in [-0.3, -0.25) is 5.43 Å². The molecule has 2 rings (SSSR count). The van der Waals surface area contributed by atoms with Crippen molar-refractivity contribution in [3.63, 3.8) is 0 Å². The van der Waals surface area contributed by atoms with Crippen molar-refractivity contribution >= 4 is 52.4 Å². The quantitative estimate of drug-likeness (QED) is 0.438. The molecule has 4 nitrogen and oxygen atoms in total. The number of nitrogens with one attached hydrogen (secondary N) is 2. The van der Waals surface area contributed by atoms with E-state index in [1.165, 1.54) is 42.6 Å². The molecule has 0 atom stereocenters. The summed E-state index contributed by atoms with van der Waals surface area (Å²) < 4.78 is 12.8. The zero-order chi connectivity index (χ0) is 16.1. The van der Waals surface area contributed by atoms with Gasteiger partial charge in [-0.25, -0.2) is 4.39 Å². The predicted octanol–water partition coefficient (Wildman–Crippen LogP) is 4.16. The zero-order valence-corrected chi connectivity index (χ0v) is 13.3. The van der Waals surface area contributed by atoms with E-state index in [9.17, 15) is 9.50 Å². The fraction of sp³-hybridized carbons (Fsp3) is 0. The molecule has 0 spiro atoms. The number of hydrazone groups is 1. The second-order valence-corrected chi connectivity index (χ2v) is 5.41. The van der Waals surface area contributed by atoms with Gasteiger partial charge in [-0.05, 0) is 48.6 Å². The van der Waals surface area contributed by atoms with Crippen LogP contribution in [0.25, 0.3) is 0 Å². The van der Waals surface area contributed by atoms with Crippen LogP contribution in [-0.4, -0.2) is 16.4 Å². The summed E-state index contributed by atoms with van der Waals surface area (Å²) in [6, 6.07) is 8.61. The molecule has 0 bridgehead atoms. The molecule has 0 amide bonds. The Hall–Kier alpha value is -1.89. The first-order valence-corrected chi connectivity index (χ1v) is 7.16. The maximum atomic E-state index is 12.8. The highest BCUT2D eigenvalue weighted by Gasteiger charge is 2.05. The third kappa shape index (κ3) is 4.56. The third-order valence-electron chi connectivity index (χ3n) is 2.53.